The number of aryl methyl sites for hydroxylation is 1. The molecule has 1 amide bonds. The van der Waals surface area contributed by atoms with E-state index in [2.05, 4.69) is 25.9 Å². The zero-order valence-electron chi connectivity index (χ0n) is 14.5. The fourth-order valence-corrected chi connectivity index (χ4v) is 3.61. The number of ether oxygens (including phenoxy) is 2. The predicted octanol–water partition coefficient (Wildman–Crippen LogP) is 3.78. The molecule has 0 aliphatic carbocycles. The van der Waals surface area contributed by atoms with Crippen LogP contribution in [0, 0.1) is 6.92 Å². The lowest BCUT2D eigenvalue weighted by Crippen LogP contribution is -2.12. The van der Waals surface area contributed by atoms with Crippen molar-refractivity contribution in [1.82, 2.24) is 20.6 Å². The second-order valence-electron chi connectivity index (χ2n) is 5.73. The van der Waals surface area contributed by atoms with Crippen LogP contribution in [0.2, 0.25) is 0 Å². The van der Waals surface area contributed by atoms with Gasteiger partial charge in [-0.05, 0) is 48.0 Å². The van der Waals surface area contributed by atoms with Gasteiger partial charge in [0.25, 0.3) is 11.9 Å². The van der Waals surface area contributed by atoms with Crippen LogP contribution in [0.3, 0.4) is 0 Å². The Hall–Kier alpha value is -3.46. The maximum absolute atomic E-state index is 12.8. The summed E-state index contributed by atoms with van der Waals surface area (Å²) in [4.78, 5) is 13.2. The first kappa shape index (κ1) is 17.0. The fraction of sp³-hybridized carbons (Fsp3) is 0.111. The van der Waals surface area contributed by atoms with Crippen LogP contribution in [0.15, 0.2) is 42.5 Å². The highest BCUT2D eigenvalue weighted by molar-refractivity contribution is 7.21. The minimum absolute atomic E-state index is 0.0940. The predicted molar refractivity (Wildman–Crippen MR) is 102 cm³/mol. The van der Waals surface area contributed by atoms with Gasteiger partial charge in [-0.3, -0.25) is 10.1 Å². The van der Waals surface area contributed by atoms with E-state index < -0.39 is 0 Å². The molecule has 0 atom stereocenters. The number of nitrogens with one attached hydrogen (secondary N) is 2. The molecule has 136 valence electrons. The quantitative estimate of drug-likeness (QED) is 0.545. The van der Waals surface area contributed by atoms with Gasteiger partial charge >= 0.3 is 0 Å². The molecular formula is C18H15N5O3S. The van der Waals surface area contributed by atoms with Crippen LogP contribution in [0.1, 0.15) is 15.2 Å². The molecule has 0 unspecified atom stereocenters. The van der Waals surface area contributed by atoms with E-state index in [0.29, 0.717) is 22.1 Å². The number of thiophene rings is 1. The van der Waals surface area contributed by atoms with Gasteiger partial charge in [0.15, 0.2) is 5.75 Å². The van der Waals surface area contributed by atoms with Crippen LogP contribution in [-0.4, -0.2) is 33.6 Å². The summed E-state index contributed by atoms with van der Waals surface area (Å²) in [5.74, 6) is 1.50. The summed E-state index contributed by atoms with van der Waals surface area (Å²) in [6, 6.07) is 13.2. The van der Waals surface area contributed by atoms with Crippen molar-refractivity contribution in [2.24, 2.45) is 0 Å². The summed E-state index contributed by atoms with van der Waals surface area (Å²) in [5.41, 5.74) is 1.06. The van der Waals surface area contributed by atoms with Gasteiger partial charge in [0, 0.05) is 10.1 Å². The third-order valence-electron chi connectivity index (χ3n) is 3.84. The van der Waals surface area contributed by atoms with Gasteiger partial charge in [0.1, 0.15) is 16.4 Å². The van der Waals surface area contributed by atoms with E-state index in [0.717, 1.165) is 15.6 Å². The Bertz CT molecular complexity index is 1110. The number of carbonyl (C=O) groups excluding carboxylic acids is 1. The molecule has 0 saturated carbocycles. The number of fused-ring (bicyclic) bond motifs is 1. The number of aromatic amines is 1. The number of benzene rings is 2. The maximum atomic E-state index is 12.8. The number of nitrogens with zero attached hydrogens (tertiary/aromatic N) is 3. The molecule has 0 bridgehead atoms. The number of carbonyl (C=O) groups is 1. The summed E-state index contributed by atoms with van der Waals surface area (Å²) in [6.07, 6.45) is 0. The SMILES string of the molecule is COc1ccc2sc(C(=O)Nc3nn[nH]n3)c(Oc3cccc(C)c3)c2c1. The number of hydrogen-bond acceptors (Lipinski definition) is 7. The lowest BCUT2D eigenvalue weighted by atomic mass is 10.2. The Balaban J connectivity index is 1.80. The van der Waals surface area contributed by atoms with Crippen molar-refractivity contribution in [3.8, 4) is 17.2 Å². The zero-order valence-corrected chi connectivity index (χ0v) is 15.3. The molecule has 9 heteroatoms. The van der Waals surface area contributed by atoms with E-state index in [1.807, 2.05) is 49.4 Å². The van der Waals surface area contributed by atoms with E-state index in [1.54, 1.807) is 7.11 Å². The van der Waals surface area contributed by atoms with E-state index in [-0.39, 0.29) is 11.9 Å². The van der Waals surface area contributed by atoms with Crippen molar-refractivity contribution < 1.29 is 14.3 Å². The lowest BCUT2D eigenvalue weighted by Gasteiger charge is -2.08. The van der Waals surface area contributed by atoms with Gasteiger partial charge in [-0.15, -0.1) is 16.4 Å². The molecule has 8 nitrogen and oxygen atoms in total. The van der Waals surface area contributed by atoms with Crippen LogP contribution < -0.4 is 14.8 Å². The summed E-state index contributed by atoms with van der Waals surface area (Å²) < 4.78 is 12.3. The molecule has 2 aromatic heterocycles. The molecule has 4 rings (SSSR count). The number of methoxy groups -OCH3 is 1. The van der Waals surface area contributed by atoms with Crippen LogP contribution in [-0.2, 0) is 0 Å². The molecule has 0 spiro atoms. The molecule has 0 radical (unpaired) electrons. The molecule has 0 aliphatic heterocycles. The van der Waals surface area contributed by atoms with Crippen molar-refractivity contribution in [3.63, 3.8) is 0 Å². The second-order valence-corrected chi connectivity index (χ2v) is 6.78. The third kappa shape index (κ3) is 3.44. The second kappa shape index (κ2) is 7.04. The van der Waals surface area contributed by atoms with Crippen molar-refractivity contribution in [2.75, 3.05) is 12.4 Å². The number of rotatable bonds is 5. The lowest BCUT2D eigenvalue weighted by molar-refractivity contribution is 0.102. The summed E-state index contributed by atoms with van der Waals surface area (Å²) in [6.45, 7) is 1.98. The molecule has 0 aliphatic rings. The first-order valence-corrected chi connectivity index (χ1v) is 8.85. The summed E-state index contributed by atoms with van der Waals surface area (Å²) in [5, 5.41) is 16.6. The third-order valence-corrected chi connectivity index (χ3v) is 4.99. The largest absolute Gasteiger partial charge is 0.497 e. The Morgan fingerprint density at radius 2 is 2.07 bits per heavy atom. The fourth-order valence-electron chi connectivity index (χ4n) is 2.60. The van der Waals surface area contributed by atoms with Gasteiger partial charge in [-0.2, -0.15) is 5.21 Å². The Morgan fingerprint density at radius 3 is 2.81 bits per heavy atom. The van der Waals surface area contributed by atoms with Crippen molar-refractivity contribution in [1.29, 1.82) is 0 Å². The van der Waals surface area contributed by atoms with Crippen molar-refractivity contribution >= 4 is 33.3 Å². The highest BCUT2D eigenvalue weighted by Crippen LogP contribution is 2.42. The highest BCUT2D eigenvalue weighted by atomic mass is 32.1. The minimum atomic E-state index is -0.376. The Labute approximate surface area is 158 Å². The van der Waals surface area contributed by atoms with Gasteiger partial charge < -0.3 is 9.47 Å². The van der Waals surface area contributed by atoms with Crippen LogP contribution in [0.4, 0.5) is 5.95 Å². The molecule has 4 aromatic rings. The standard InChI is InChI=1S/C18H15N5O3S/c1-10-4-3-5-12(8-10)26-15-13-9-11(25-2)6-7-14(13)27-16(15)17(24)19-18-20-22-23-21-18/h3-9H,1-2H3,(H2,19,20,21,22,23,24). The normalized spacial score (nSPS) is 10.7. The molecule has 2 heterocycles. The summed E-state index contributed by atoms with van der Waals surface area (Å²) >= 11 is 1.32. The topological polar surface area (TPSA) is 102 Å². The monoisotopic (exact) mass is 381 g/mol. The number of tetrazole rings is 1. The zero-order chi connectivity index (χ0) is 18.8. The van der Waals surface area contributed by atoms with Gasteiger partial charge in [0.05, 0.1) is 7.11 Å². The molecule has 0 saturated heterocycles. The van der Waals surface area contributed by atoms with E-state index in [4.69, 9.17) is 9.47 Å². The Kier molecular flexibility index (Phi) is 4.43. The Morgan fingerprint density at radius 1 is 1.19 bits per heavy atom. The number of anilines is 1. The molecular weight excluding hydrogens is 366 g/mol. The van der Waals surface area contributed by atoms with E-state index in [1.165, 1.54) is 11.3 Å². The van der Waals surface area contributed by atoms with Crippen LogP contribution in [0.25, 0.3) is 10.1 Å². The molecule has 2 N–H and O–H groups in total. The van der Waals surface area contributed by atoms with Crippen LogP contribution in [0.5, 0.6) is 17.2 Å². The van der Waals surface area contributed by atoms with Gasteiger partial charge in [-0.1, -0.05) is 17.2 Å². The average Bonchev–Trinajstić information content (AvgIpc) is 3.29. The first-order valence-electron chi connectivity index (χ1n) is 8.04. The minimum Gasteiger partial charge on any atom is -0.497 e. The highest BCUT2D eigenvalue weighted by Gasteiger charge is 2.22. The van der Waals surface area contributed by atoms with Gasteiger partial charge in [0.2, 0.25) is 0 Å². The maximum Gasteiger partial charge on any atom is 0.272 e. The summed E-state index contributed by atoms with van der Waals surface area (Å²) in [7, 11) is 1.60. The van der Waals surface area contributed by atoms with Gasteiger partial charge in [-0.25, -0.2) is 0 Å². The van der Waals surface area contributed by atoms with E-state index in [9.17, 15) is 4.79 Å². The number of hydrogen-bond donors (Lipinski definition) is 2. The average molecular weight is 381 g/mol. The molecule has 2 aromatic carbocycles. The number of amides is 1. The number of aromatic nitrogens is 4. The van der Waals surface area contributed by atoms with Crippen molar-refractivity contribution in [2.45, 2.75) is 6.92 Å². The van der Waals surface area contributed by atoms with Crippen molar-refractivity contribution in [3.05, 3.63) is 52.9 Å². The molecule has 0 fully saturated rings. The number of H-pyrrole nitrogens is 1. The first-order chi connectivity index (χ1) is 13.1. The molecule has 27 heavy (non-hydrogen) atoms. The van der Waals surface area contributed by atoms with E-state index >= 15 is 0 Å². The smallest absolute Gasteiger partial charge is 0.272 e. The van der Waals surface area contributed by atoms with Crippen LogP contribution >= 0.6 is 11.3 Å².